The molecule has 10 heteroatoms. The van der Waals surface area contributed by atoms with E-state index in [0.717, 1.165) is 68.3 Å². The summed E-state index contributed by atoms with van der Waals surface area (Å²) in [5.74, 6) is 0.674. The minimum absolute atomic E-state index is 0.0993. The Labute approximate surface area is 245 Å². The van der Waals surface area contributed by atoms with Gasteiger partial charge in [0.15, 0.2) is 11.6 Å². The zero-order valence-electron chi connectivity index (χ0n) is 22.7. The van der Waals surface area contributed by atoms with Crippen molar-refractivity contribution in [2.75, 3.05) is 17.6 Å². The van der Waals surface area contributed by atoms with Gasteiger partial charge in [0.05, 0.1) is 11.9 Å². The van der Waals surface area contributed by atoms with Crippen LogP contribution < -0.4 is 21.7 Å². The summed E-state index contributed by atoms with van der Waals surface area (Å²) < 4.78 is 5.74. The molecule has 40 heavy (non-hydrogen) atoms. The Balaban J connectivity index is 1.19. The molecule has 0 spiro atoms. The van der Waals surface area contributed by atoms with Gasteiger partial charge >= 0.3 is 5.97 Å². The van der Waals surface area contributed by atoms with Crippen molar-refractivity contribution in [1.29, 1.82) is 0 Å². The number of aromatic nitrogens is 2. The number of esters is 1. The second-order valence-electron chi connectivity index (χ2n) is 10.6. The average Bonchev–Trinajstić information content (AvgIpc) is 3.46. The van der Waals surface area contributed by atoms with Crippen LogP contribution in [0.3, 0.4) is 0 Å². The highest BCUT2D eigenvalue weighted by Crippen LogP contribution is 2.28. The van der Waals surface area contributed by atoms with E-state index in [4.69, 9.17) is 38.7 Å². The number of nitrogens with zero attached hydrogens (tertiary/aromatic N) is 2. The summed E-state index contributed by atoms with van der Waals surface area (Å²) in [6.45, 7) is 3.99. The zero-order valence-corrected chi connectivity index (χ0v) is 24.2. The summed E-state index contributed by atoms with van der Waals surface area (Å²) in [6.07, 6.45) is 7.77. The van der Waals surface area contributed by atoms with Crippen molar-refractivity contribution in [1.82, 2.24) is 20.6 Å². The molecule has 1 aliphatic carbocycles. The Bertz CT molecular complexity index is 1330. The quantitative estimate of drug-likeness (QED) is 0.239. The van der Waals surface area contributed by atoms with Gasteiger partial charge in [0, 0.05) is 40.3 Å². The largest absolute Gasteiger partial charge is 0.461 e. The molecule has 2 unspecified atom stereocenters. The lowest BCUT2D eigenvalue weighted by molar-refractivity contribution is -0.152. The van der Waals surface area contributed by atoms with E-state index in [0.29, 0.717) is 33.9 Å². The number of carbonyl (C=O) groups excluding carboxylic acids is 1. The molecule has 0 bridgehead atoms. The number of piperidine rings is 1. The number of nitrogens with two attached hydrogens (primary N) is 1. The van der Waals surface area contributed by atoms with Gasteiger partial charge in [-0.3, -0.25) is 4.79 Å². The second-order valence-corrected chi connectivity index (χ2v) is 11.5. The fourth-order valence-electron chi connectivity index (χ4n) is 5.38. The lowest BCUT2D eigenvalue weighted by Crippen LogP contribution is -2.50. The first-order chi connectivity index (χ1) is 19.4. The number of anilines is 2. The van der Waals surface area contributed by atoms with Crippen molar-refractivity contribution >= 4 is 40.8 Å². The first kappa shape index (κ1) is 28.6. The zero-order chi connectivity index (χ0) is 28.1. The lowest BCUT2D eigenvalue weighted by atomic mass is 9.98. The predicted octanol–water partition coefficient (Wildman–Crippen LogP) is 5.65. The van der Waals surface area contributed by atoms with Crippen molar-refractivity contribution < 1.29 is 9.53 Å². The molecule has 2 atom stereocenters. The molecule has 5 rings (SSSR count). The highest BCUT2D eigenvalue weighted by atomic mass is 35.5. The number of nitrogens with one attached hydrogen (secondary N) is 3. The molecule has 1 saturated heterocycles. The molecule has 5 N–H and O–H groups in total. The van der Waals surface area contributed by atoms with E-state index in [9.17, 15) is 4.79 Å². The number of hydrogen-bond donors (Lipinski definition) is 4. The van der Waals surface area contributed by atoms with Gasteiger partial charge in [-0.25, -0.2) is 9.97 Å². The number of hydrogen-bond acceptors (Lipinski definition) is 8. The molecule has 2 aliphatic rings. The van der Waals surface area contributed by atoms with Gasteiger partial charge < -0.3 is 26.4 Å². The maximum atomic E-state index is 12.6. The van der Waals surface area contributed by atoms with E-state index >= 15 is 0 Å². The van der Waals surface area contributed by atoms with Gasteiger partial charge in [-0.1, -0.05) is 41.4 Å². The Hall–Kier alpha value is -2.91. The van der Waals surface area contributed by atoms with Crippen molar-refractivity contribution in [2.24, 2.45) is 0 Å². The third-order valence-electron chi connectivity index (χ3n) is 7.79. The summed E-state index contributed by atoms with van der Waals surface area (Å²) in [5.41, 5.74) is 10.9. The van der Waals surface area contributed by atoms with Gasteiger partial charge in [-0.05, 0) is 81.3 Å². The van der Waals surface area contributed by atoms with Crippen molar-refractivity contribution in [3.05, 3.63) is 69.3 Å². The number of rotatable bonds is 9. The first-order valence-corrected chi connectivity index (χ1v) is 14.7. The van der Waals surface area contributed by atoms with E-state index in [2.05, 4.69) is 40.0 Å². The molecule has 3 aromatic rings. The Morgan fingerprint density at radius 1 is 1.12 bits per heavy atom. The van der Waals surface area contributed by atoms with Crippen LogP contribution in [0, 0.1) is 6.92 Å². The molecule has 2 heterocycles. The van der Waals surface area contributed by atoms with Crippen molar-refractivity contribution in [3.8, 4) is 11.3 Å². The van der Waals surface area contributed by atoms with Crippen LogP contribution in [0.5, 0.6) is 0 Å². The summed E-state index contributed by atoms with van der Waals surface area (Å²) in [5, 5.41) is 11.4. The number of halogens is 2. The molecule has 8 nitrogen and oxygen atoms in total. The van der Waals surface area contributed by atoms with Crippen LogP contribution in [0.1, 0.15) is 55.2 Å². The summed E-state index contributed by atoms with van der Waals surface area (Å²) in [4.78, 5) is 21.7. The Morgan fingerprint density at radius 2 is 1.90 bits per heavy atom. The molecular weight excluding hydrogens is 547 g/mol. The molecule has 2 fully saturated rings. The van der Waals surface area contributed by atoms with Gasteiger partial charge in [0.1, 0.15) is 12.1 Å². The fraction of sp³-hybridized carbons (Fsp3) is 0.433. The average molecular weight is 584 g/mol. The van der Waals surface area contributed by atoms with Gasteiger partial charge in [0.25, 0.3) is 0 Å². The summed E-state index contributed by atoms with van der Waals surface area (Å²) in [6, 6.07) is 11.7. The molecule has 1 saturated carbocycles. The van der Waals surface area contributed by atoms with Crippen LogP contribution >= 0.6 is 23.2 Å². The van der Waals surface area contributed by atoms with Crippen LogP contribution in [0.4, 0.5) is 11.6 Å². The molecule has 1 aromatic heterocycles. The van der Waals surface area contributed by atoms with Crippen LogP contribution in [0.15, 0.2) is 42.6 Å². The normalized spacial score (nSPS) is 19.5. The molecule has 1 aliphatic heterocycles. The van der Waals surface area contributed by atoms with Crippen LogP contribution in [0.25, 0.3) is 11.3 Å². The van der Waals surface area contributed by atoms with Crippen LogP contribution in [-0.4, -0.2) is 40.7 Å². The standard InChI is InChI=1S/C30H36Cl2N6O2/c1-18-13-19(27-17-36-28(33)29(38-27)37-16-23-24(31)7-4-8-25(23)32)9-10-20(18)15-35-21-11-12-34-26(14-21)30(39)40-22-5-2-3-6-22/h4,7-10,13,17,21-22,26,34-35H,2-3,5-6,11-12,14-16H2,1H3,(H2,33,36)(H,37,38). The fourth-order valence-corrected chi connectivity index (χ4v) is 5.91. The maximum absolute atomic E-state index is 12.6. The highest BCUT2D eigenvalue weighted by molar-refractivity contribution is 6.36. The van der Waals surface area contributed by atoms with Crippen LogP contribution in [-0.2, 0) is 22.6 Å². The van der Waals surface area contributed by atoms with E-state index in [1.54, 1.807) is 24.4 Å². The second kappa shape index (κ2) is 13.2. The van der Waals surface area contributed by atoms with Crippen LogP contribution in [0.2, 0.25) is 10.0 Å². The van der Waals surface area contributed by atoms with E-state index < -0.39 is 0 Å². The van der Waals surface area contributed by atoms with E-state index in [1.165, 1.54) is 5.56 Å². The van der Waals surface area contributed by atoms with E-state index in [-0.39, 0.29) is 24.2 Å². The summed E-state index contributed by atoms with van der Waals surface area (Å²) >= 11 is 12.6. The monoisotopic (exact) mass is 582 g/mol. The third-order valence-corrected chi connectivity index (χ3v) is 8.50. The topological polar surface area (TPSA) is 114 Å². The maximum Gasteiger partial charge on any atom is 0.323 e. The number of benzene rings is 2. The number of ether oxygens (including phenoxy) is 1. The predicted molar refractivity (Wildman–Crippen MR) is 160 cm³/mol. The third kappa shape index (κ3) is 7.04. The minimum atomic E-state index is -0.240. The molecule has 0 radical (unpaired) electrons. The number of nitrogen functional groups attached to an aromatic ring is 1. The highest BCUT2D eigenvalue weighted by Gasteiger charge is 2.30. The van der Waals surface area contributed by atoms with Gasteiger partial charge in [-0.2, -0.15) is 0 Å². The summed E-state index contributed by atoms with van der Waals surface area (Å²) in [7, 11) is 0. The smallest absolute Gasteiger partial charge is 0.323 e. The number of carbonyl (C=O) groups is 1. The molecule has 2 aromatic carbocycles. The Kier molecular flexibility index (Phi) is 9.42. The molecular formula is C30H36Cl2N6O2. The number of aryl methyl sites for hydroxylation is 1. The van der Waals surface area contributed by atoms with E-state index in [1.807, 2.05) is 6.07 Å². The van der Waals surface area contributed by atoms with Crippen molar-refractivity contribution in [2.45, 2.75) is 76.7 Å². The Morgan fingerprint density at radius 3 is 2.65 bits per heavy atom. The minimum Gasteiger partial charge on any atom is -0.461 e. The molecule has 0 amide bonds. The lowest BCUT2D eigenvalue weighted by Gasteiger charge is -2.30. The van der Waals surface area contributed by atoms with Gasteiger partial charge in [0.2, 0.25) is 0 Å². The SMILES string of the molecule is Cc1cc(-c2cnc(N)c(NCc3c(Cl)cccc3Cl)n2)ccc1CNC1CCNC(C(=O)OC2CCCC2)C1. The molecule has 212 valence electrons. The van der Waals surface area contributed by atoms with Gasteiger partial charge in [-0.15, -0.1) is 0 Å². The van der Waals surface area contributed by atoms with Crippen molar-refractivity contribution in [3.63, 3.8) is 0 Å². The first-order valence-electron chi connectivity index (χ1n) is 13.9.